The van der Waals surface area contributed by atoms with Gasteiger partial charge in [0, 0.05) is 23.7 Å². The number of aromatic nitrogens is 4. The number of para-hydroxylation sites is 1. The Labute approximate surface area is 171 Å². The van der Waals surface area contributed by atoms with Crippen LogP contribution in [0, 0.1) is 0 Å². The Morgan fingerprint density at radius 2 is 1.87 bits per heavy atom. The second-order valence-corrected chi connectivity index (χ2v) is 7.05. The van der Waals surface area contributed by atoms with Crippen LogP contribution < -0.4 is 14.8 Å². The zero-order valence-corrected chi connectivity index (χ0v) is 15.9. The van der Waals surface area contributed by atoms with Crippen molar-refractivity contribution in [2.75, 3.05) is 12.1 Å². The van der Waals surface area contributed by atoms with E-state index >= 15 is 0 Å². The minimum Gasteiger partial charge on any atom is -0.454 e. The smallest absolute Gasteiger partial charge is 0.231 e. The molecule has 0 saturated carbocycles. The van der Waals surface area contributed by atoms with Gasteiger partial charge in [-0.2, -0.15) is 0 Å². The van der Waals surface area contributed by atoms with Gasteiger partial charge in [0.05, 0.1) is 17.4 Å². The van der Waals surface area contributed by atoms with Crippen molar-refractivity contribution < 1.29 is 9.47 Å². The van der Waals surface area contributed by atoms with Crippen LogP contribution in [0.25, 0.3) is 27.8 Å². The van der Waals surface area contributed by atoms with Gasteiger partial charge in [-0.05, 0) is 35.9 Å². The van der Waals surface area contributed by atoms with Crippen LogP contribution in [0.3, 0.4) is 0 Å². The molecular weight excluding hydrogens is 378 g/mol. The lowest BCUT2D eigenvalue weighted by molar-refractivity contribution is 0.174. The standard InChI is InChI=1S/C23H17N5O2/c1-3-16-4-2-10-24-23(16)17(5-1)18-13-26-22-9-8-21(27-28(18)22)25-12-15-6-7-19-20(11-15)30-14-29-19/h1-11,13H,12,14H2,(H,25,27). The molecule has 0 amide bonds. The molecule has 7 heteroatoms. The lowest BCUT2D eigenvalue weighted by atomic mass is 10.1. The van der Waals surface area contributed by atoms with E-state index < -0.39 is 0 Å². The maximum Gasteiger partial charge on any atom is 0.231 e. The molecular formula is C23H17N5O2. The topological polar surface area (TPSA) is 73.6 Å². The van der Waals surface area contributed by atoms with Crippen molar-refractivity contribution in [3.63, 3.8) is 0 Å². The Kier molecular flexibility index (Phi) is 3.77. The molecule has 7 nitrogen and oxygen atoms in total. The maximum atomic E-state index is 5.45. The number of fused-ring (bicyclic) bond motifs is 3. The first-order valence-electron chi connectivity index (χ1n) is 9.66. The van der Waals surface area contributed by atoms with Crippen molar-refractivity contribution in [2.24, 2.45) is 0 Å². The summed E-state index contributed by atoms with van der Waals surface area (Å²) in [5.74, 6) is 2.32. The van der Waals surface area contributed by atoms with Crippen molar-refractivity contribution in [1.29, 1.82) is 0 Å². The molecule has 0 unspecified atom stereocenters. The molecule has 0 aliphatic carbocycles. The number of imidazole rings is 1. The molecule has 3 aromatic heterocycles. The lowest BCUT2D eigenvalue weighted by Gasteiger charge is -2.09. The molecule has 146 valence electrons. The minimum absolute atomic E-state index is 0.275. The fraction of sp³-hybridized carbons (Fsp3) is 0.0870. The highest BCUT2D eigenvalue weighted by Gasteiger charge is 2.14. The van der Waals surface area contributed by atoms with Gasteiger partial charge in [0.15, 0.2) is 17.1 Å². The van der Waals surface area contributed by atoms with Gasteiger partial charge >= 0.3 is 0 Å². The molecule has 0 spiro atoms. The first kappa shape index (κ1) is 16.8. The highest BCUT2D eigenvalue weighted by Crippen LogP contribution is 2.32. The average molecular weight is 395 g/mol. The lowest BCUT2D eigenvalue weighted by Crippen LogP contribution is -2.04. The summed E-state index contributed by atoms with van der Waals surface area (Å²) in [5.41, 5.74) is 4.71. The Morgan fingerprint density at radius 3 is 2.87 bits per heavy atom. The zero-order chi connectivity index (χ0) is 19.9. The zero-order valence-electron chi connectivity index (χ0n) is 15.9. The van der Waals surface area contributed by atoms with Crippen LogP contribution in [0.2, 0.25) is 0 Å². The largest absolute Gasteiger partial charge is 0.454 e. The highest BCUT2D eigenvalue weighted by atomic mass is 16.7. The maximum absolute atomic E-state index is 5.45. The molecule has 0 bridgehead atoms. The monoisotopic (exact) mass is 395 g/mol. The normalized spacial score (nSPS) is 12.5. The van der Waals surface area contributed by atoms with Crippen molar-refractivity contribution in [1.82, 2.24) is 19.6 Å². The molecule has 30 heavy (non-hydrogen) atoms. The first-order chi connectivity index (χ1) is 14.8. The fourth-order valence-corrected chi connectivity index (χ4v) is 3.71. The molecule has 0 atom stereocenters. The van der Waals surface area contributed by atoms with E-state index in [1.54, 1.807) is 6.20 Å². The van der Waals surface area contributed by atoms with Crippen LogP contribution in [-0.2, 0) is 6.54 Å². The van der Waals surface area contributed by atoms with E-state index in [9.17, 15) is 0 Å². The van der Waals surface area contributed by atoms with E-state index in [1.807, 2.05) is 59.2 Å². The number of anilines is 1. The van der Waals surface area contributed by atoms with Gasteiger partial charge in [0.1, 0.15) is 5.82 Å². The average Bonchev–Trinajstić information content (AvgIpc) is 3.43. The van der Waals surface area contributed by atoms with Crippen molar-refractivity contribution in [2.45, 2.75) is 6.54 Å². The molecule has 1 aliphatic rings. The van der Waals surface area contributed by atoms with Crippen LogP contribution in [0.1, 0.15) is 5.56 Å². The molecule has 2 aromatic carbocycles. The van der Waals surface area contributed by atoms with Gasteiger partial charge in [0.25, 0.3) is 0 Å². The Balaban J connectivity index is 1.34. The number of benzene rings is 2. The number of nitrogens with zero attached hydrogens (tertiary/aromatic N) is 4. The van der Waals surface area contributed by atoms with Gasteiger partial charge in [-0.25, -0.2) is 9.50 Å². The summed E-state index contributed by atoms with van der Waals surface area (Å²) < 4.78 is 12.7. The third kappa shape index (κ3) is 2.79. The van der Waals surface area contributed by atoms with Gasteiger partial charge in [-0.3, -0.25) is 4.98 Å². The van der Waals surface area contributed by atoms with Crippen LogP contribution in [0.4, 0.5) is 5.82 Å². The van der Waals surface area contributed by atoms with Crippen molar-refractivity contribution >= 4 is 22.4 Å². The van der Waals surface area contributed by atoms with E-state index in [2.05, 4.69) is 27.4 Å². The number of ether oxygens (including phenoxy) is 2. The van der Waals surface area contributed by atoms with Crippen molar-refractivity contribution in [3.05, 3.63) is 78.6 Å². The third-order valence-electron chi connectivity index (χ3n) is 5.18. The molecule has 6 rings (SSSR count). The molecule has 5 aromatic rings. The molecule has 1 N–H and O–H groups in total. The van der Waals surface area contributed by atoms with E-state index in [0.29, 0.717) is 6.54 Å². The van der Waals surface area contributed by atoms with Gasteiger partial charge in [0.2, 0.25) is 6.79 Å². The van der Waals surface area contributed by atoms with Crippen LogP contribution in [-0.4, -0.2) is 26.4 Å². The quantitative estimate of drug-likeness (QED) is 0.490. The highest BCUT2D eigenvalue weighted by molar-refractivity contribution is 5.92. The SMILES string of the molecule is c1cnc2c(-c3cnc4ccc(NCc5ccc6c(c5)OCO6)nn34)cccc2c1. The number of rotatable bonds is 4. The predicted molar refractivity (Wildman–Crippen MR) is 114 cm³/mol. The second kappa shape index (κ2) is 6.73. The van der Waals surface area contributed by atoms with Crippen LogP contribution in [0.5, 0.6) is 11.5 Å². The molecule has 1 aliphatic heterocycles. The van der Waals surface area contributed by atoms with E-state index in [4.69, 9.17) is 14.6 Å². The van der Waals surface area contributed by atoms with Gasteiger partial charge in [-0.15, -0.1) is 5.10 Å². The Hall–Kier alpha value is -4.13. The van der Waals surface area contributed by atoms with E-state index in [-0.39, 0.29) is 6.79 Å². The molecule has 0 radical (unpaired) electrons. The summed E-state index contributed by atoms with van der Waals surface area (Å²) in [4.78, 5) is 9.08. The van der Waals surface area contributed by atoms with Gasteiger partial charge in [-0.1, -0.05) is 30.3 Å². The van der Waals surface area contributed by atoms with Crippen molar-refractivity contribution in [3.8, 4) is 22.8 Å². The first-order valence-corrected chi connectivity index (χ1v) is 9.66. The number of pyridine rings is 1. The minimum atomic E-state index is 0.275. The number of nitrogens with one attached hydrogen (secondary N) is 1. The molecule has 0 fully saturated rings. The summed E-state index contributed by atoms with van der Waals surface area (Å²) in [5, 5.41) is 9.23. The van der Waals surface area contributed by atoms with Crippen LogP contribution in [0.15, 0.2) is 73.1 Å². The van der Waals surface area contributed by atoms with E-state index in [1.165, 1.54) is 0 Å². The summed E-state index contributed by atoms with van der Waals surface area (Å²) in [6.07, 6.45) is 3.65. The van der Waals surface area contributed by atoms with Gasteiger partial charge < -0.3 is 14.8 Å². The number of hydrogen-bond acceptors (Lipinski definition) is 6. The number of hydrogen-bond donors (Lipinski definition) is 1. The molecule has 0 saturated heterocycles. The second-order valence-electron chi connectivity index (χ2n) is 7.05. The fourth-order valence-electron chi connectivity index (χ4n) is 3.71. The summed E-state index contributed by atoms with van der Waals surface area (Å²) in [6.45, 7) is 0.895. The molecule has 4 heterocycles. The predicted octanol–water partition coefficient (Wildman–Crippen LogP) is 4.29. The van der Waals surface area contributed by atoms with Crippen LogP contribution >= 0.6 is 0 Å². The summed E-state index contributed by atoms with van der Waals surface area (Å²) in [7, 11) is 0. The van der Waals surface area contributed by atoms with E-state index in [0.717, 1.165) is 50.7 Å². The Morgan fingerprint density at radius 1 is 0.933 bits per heavy atom. The summed E-state index contributed by atoms with van der Waals surface area (Å²) >= 11 is 0. The Bertz CT molecular complexity index is 1390. The third-order valence-corrected chi connectivity index (χ3v) is 5.18. The summed E-state index contributed by atoms with van der Waals surface area (Å²) in [6, 6.07) is 19.9.